The molecule has 0 unspecified atom stereocenters. The van der Waals surface area contributed by atoms with Gasteiger partial charge in [0.2, 0.25) is 0 Å². The quantitative estimate of drug-likeness (QED) is 0.535. The van der Waals surface area contributed by atoms with Crippen LogP contribution < -0.4 is 0 Å². The van der Waals surface area contributed by atoms with Gasteiger partial charge in [0.15, 0.2) is 0 Å². The topological polar surface area (TPSA) is 20.2 Å². The molecule has 0 amide bonds. The molecule has 56 valence electrons. The molecule has 0 bridgehead atoms. The molecule has 0 fully saturated rings. The van der Waals surface area contributed by atoms with Crippen LogP contribution in [0.25, 0.3) is 6.08 Å². The van der Waals surface area contributed by atoms with Crippen LogP contribution in [-0.4, -0.2) is 10.5 Å². The molecule has 0 spiro atoms. The van der Waals surface area contributed by atoms with Crippen molar-refractivity contribution in [1.29, 1.82) is 0 Å². The molecule has 1 aromatic rings. The summed E-state index contributed by atoms with van der Waals surface area (Å²) in [7, 11) is 0. The summed E-state index contributed by atoms with van der Waals surface area (Å²) in [5.74, 6) is 0.282. The molecule has 1 nitrogen and oxygen atoms in total. The minimum absolute atomic E-state index is 0.282. The van der Waals surface area contributed by atoms with E-state index in [1.165, 1.54) is 0 Å². The van der Waals surface area contributed by atoms with Crippen LogP contribution in [0.4, 0.5) is 0 Å². The fourth-order valence-electron chi connectivity index (χ4n) is 0.736. The summed E-state index contributed by atoms with van der Waals surface area (Å²) in [6.07, 6.45) is 3.66. The minimum Gasteiger partial charge on any atom is -0.508 e. The van der Waals surface area contributed by atoms with Crippen LogP contribution in [0, 0.1) is 0 Å². The molecule has 0 aliphatic heterocycles. The van der Waals surface area contributed by atoms with Crippen molar-refractivity contribution in [2.24, 2.45) is 0 Å². The summed E-state index contributed by atoms with van der Waals surface area (Å²) < 4.78 is 0. The first-order valence-electron chi connectivity index (χ1n) is 3.24. The van der Waals surface area contributed by atoms with E-state index in [0.29, 0.717) is 0 Å². The largest absolute Gasteiger partial charge is 0.508 e. The lowest BCUT2D eigenvalue weighted by Crippen LogP contribution is -1.69. The molecule has 1 aromatic carbocycles. The van der Waals surface area contributed by atoms with Crippen LogP contribution >= 0.6 is 12.2 Å². The Bertz CT molecular complexity index is 261. The van der Waals surface area contributed by atoms with Gasteiger partial charge in [-0.25, -0.2) is 0 Å². The first-order chi connectivity index (χ1) is 5.33. The maximum atomic E-state index is 8.93. The van der Waals surface area contributed by atoms with Crippen LogP contribution in [0.1, 0.15) is 5.56 Å². The van der Waals surface area contributed by atoms with Gasteiger partial charge in [-0.3, -0.25) is 0 Å². The minimum atomic E-state index is 0.282. The van der Waals surface area contributed by atoms with Crippen molar-refractivity contribution in [1.82, 2.24) is 0 Å². The Kier molecular flexibility index (Phi) is 2.81. The van der Waals surface area contributed by atoms with E-state index >= 15 is 0 Å². The molecule has 11 heavy (non-hydrogen) atoms. The Balaban J connectivity index is 2.81. The second kappa shape index (κ2) is 3.88. The molecule has 0 atom stereocenters. The van der Waals surface area contributed by atoms with Crippen molar-refractivity contribution < 1.29 is 5.11 Å². The number of rotatable bonds is 2. The van der Waals surface area contributed by atoms with Gasteiger partial charge >= 0.3 is 0 Å². The number of allylic oxidation sites excluding steroid dienone is 1. The van der Waals surface area contributed by atoms with E-state index in [2.05, 4.69) is 12.2 Å². The van der Waals surface area contributed by atoms with Crippen molar-refractivity contribution in [3.63, 3.8) is 0 Å². The zero-order chi connectivity index (χ0) is 8.10. The molecule has 0 heterocycles. The summed E-state index contributed by atoms with van der Waals surface area (Å²) in [5.41, 5.74) is 1.03. The van der Waals surface area contributed by atoms with Crippen molar-refractivity contribution in [3.05, 3.63) is 35.9 Å². The third-order valence-corrected chi connectivity index (χ3v) is 1.42. The summed E-state index contributed by atoms with van der Waals surface area (Å²) in [5, 5.41) is 10.5. The fraction of sp³-hybridized carbons (Fsp3) is 0. The number of hydrogen-bond acceptors (Lipinski definition) is 2. The lowest BCUT2D eigenvalue weighted by Gasteiger charge is -1.91. The molecule has 0 aliphatic carbocycles. The van der Waals surface area contributed by atoms with Gasteiger partial charge in [0.05, 0.1) is 0 Å². The van der Waals surface area contributed by atoms with Crippen molar-refractivity contribution >= 4 is 23.7 Å². The van der Waals surface area contributed by atoms with E-state index in [9.17, 15) is 0 Å². The van der Waals surface area contributed by atoms with E-state index in [0.717, 1.165) is 5.56 Å². The van der Waals surface area contributed by atoms with E-state index in [1.807, 2.05) is 18.2 Å². The third-order valence-electron chi connectivity index (χ3n) is 1.26. The zero-order valence-electron chi connectivity index (χ0n) is 5.90. The molecule has 1 rings (SSSR count). The number of phenols is 1. The maximum absolute atomic E-state index is 8.93. The highest BCUT2D eigenvalue weighted by molar-refractivity contribution is 7.79. The van der Waals surface area contributed by atoms with Gasteiger partial charge < -0.3 is 5.11 Å². The van der Waals surface area contributed by atoms with E-state index < -0.39 is 0 Å². The first-order valence-corrected chi connectivity index (χ1v) is 3.71. The van der Waals surface area contributed by atoms with Gasteiger partial charge in [0, 0.05) is 5.37 Å². The van der Waals surface area contributed by atoms with Gasteiger partial charge in [-0.05, 0) is 17.7 Å². The zero-order valence-corrected chi connectivity index (χ0v) is 6.71. The van der Waals surface area contributed by atoms with Gasteiger partial charge in [-0.15, -0.1) is 0 Å². The van der Waals surface area contributed by atoms with Crippen LogP contribution in [-0.2, 0) is 0 Å². The van der Waals surface area contributed by atoms with Crippen molar-refractivity contribution in [2.45, 2.75) is 0 Å². The maximum Gasteiger partial charge on any atom is 0.115 e. The summed E-state index contributed by atoms with van der Waals surface area (Å²) >= 11 is 4.62. The number of aromatic hydroxyl groups is 1. The summed E-state index contributed by atoms with van der Waals surface area (Å²) in [6, 6.07) is 6.93. The molecule has 2 heteroatoms. The van der Waals surface area contributed by atoms with Crippen LogP contribution in [0.5, 0.6) is 5.75 Å². The third kappa shape index (κ3) is 2.51. The molecule has 0 aromatic heterocycles. The summed E-state index contributed by atoms with van der Waals surface area (Å²) in [6.45, 7) is 0. The normalized spacial score (nSPS) is 10.2. The van der Waals surface area contributed by atoms with Gasteiger partial charge in [0.1, 0.15) is 5.75 Å². The Morgan fingerprint density at radius 1 is 1.18 bits per heavy atom. The number of thiocarbonyl (C=S) groups is 1. The Morgan fingerprint density at radius 2 is 1.82 bits per heavy atom. The molecule has 0 saturated heterocycles. The lowest BCUT2D eigenvalue weighted by molar-refractivity contribution is 0.475. The predicted molar refractivity (Wildman–Crippen MR) is 50.8 cm³/mol. The number of phenolic OH excluding ortho intramolecular Hbond substituents is 1. The Hall–Kier alpha value is -1.15. The number of benzene rings is 1. The van der Waals surface area contributed by atoms with Gasteiger partial charge in [-0.1, -0.05) is 36.5 Å². The molecule has 0 aliphatic rings. The predicted octanol–water partition coefficient (Wildman–Crippen LogP) is 2.41. The molecular formula is C9H8OS. The average Bonchev–Trinajstić information content (AvgIpc) is 2.04. The van der Waals surface area contributed by atoms with Crippen LogP contribution in [0.15, 0.2) is 30.3 Å². The second-order valence-electron chi connectivity index (χ2n) is 2.09. The summed E-state index contributed by atoms with van der Waals surface area (Å²) in [4.78, 5) is 0. The fourth-order valence-corrected chi connectivity index (χ4v) is 0.814. The SMILES string of the molecule is Oc1ccc(C=CC=S)cc1. The van der Waals surface area contributed by atoms with Crippen LogP contribution in [0.3, 0.4) is 0 Å². The molecule has 0 saturated carbocycles. The lowest BCUT2D eigenvalue weighted by atomic mass is 10.2. The average molecular weight is 164 g/mol. The monoisotopic (exact) mass is 164 g/mol. The van der Waals surface area contributed by atoms with Gasteiger partial charge in [-0.2, -0.15) is 0 Å². The Morgan fingerprint density at radius 3 is 2.36 bits per heavy atom. The highest BCUT2D eigenvalue weighted by Gasteiger charge is 1.85. The highest BCUT2D eigenvalue weighted by Crippen LogP contribution is 2.10. The Labute approximate surface area is 71.0 Å². The molecule has 0 radical (unpaired) electrons. The first kappa shape index (κ1) is 7.95. The molecular weight excluding hydrogens is 156 g/mol. The van der Waals surface area contributed by atoms with E-state index in [1.54, 1.807) is 23.6 Å². The second-order valence-corrected chi connectivity index (χ2v) is 2.36. The van der Waals surface area contributed by atoms with Crippen LogP contribution in [0.2, 0.25) is 0 Å². The molecule has 1 N–H and O–H groups in total. The smallest absolute Gasteiger partial charge is 0.115 e. The van der Waals surface area contributed by atoms with Crippen molar-refractivity contribution in [2.75, 3.05) is 0 Å². The standard InChI is InChI=1S/C9H8OS/c10-9-5-3-8(4-6-9)2-1-7-11/h1-7,10H. The van der Waals surface area contributed by atoms with E-state index in [4.69, 9.17) is 5.11 Å². The van der Waals surface area contributed by atoms with Gasteiger partial charge in [0.25, 0.3) is 0 Å². The van der Waals surface area contributed by atoms with Crippen molar-refractivity contribution in [3.8, 4) is 5.75 Å². The number of hydrogen-bond donors (Lipinski definition) is 1. The highest BCUT2D eigenvalue weighted by atomic mass is 32.1. The van der Waals surface area contributed by atoms with E-state index in [-0.39, 0.29) is 5.75 Å².